The Balaban J connectivity index is 2.36. The summed E-state index contributed by atoms with van der Waals surface area (Å²) in [5, 5.41) is 10.7. The van der Waals surface area contributed by atoms with Crippen molar-refractivity contribution in [2.75, 3.05) is 6.61 Å². The number of nitro groups is 1. The van der Waals surface area contributed by atoms with Gasteiger partial charge in [-0.1, -0.05) is 6.07 Å². The Labute approximate surface area is 114 Å². The van der Waals surface area contributed by atoms with Crippen LogP contribution in [0.5, 0.6) is 0 Å². The van der Waals surface area contributed by atoms with Gasteiger partial charge in [0.2, 0.25) is 10.0 Å². The van der Waals surface area contributed by atoms with Crippen LogP contribution in [0.4, 0.5) is 5.69 Å². The lowest BCUT2D eigenvalue weighted by Crippen LogP contribution is -2.38. The quantitative estimate of drug-likeness (QED) is 0.491. The van der Waals surface area contributed by atoms with Crippen LogP contribution in [0, 0.1) is 17.0 Å². The summed E-state index contributed by atoms with van der Waals surface area (Å²) in [4.78, 5) is 21.1. The number of ether oxygens (including phenoxy) is 1. The number of aryl methyl sites for hydroxylation is 1. The van der Waals surface area contributed by atoms with Crippen LogP contribution in [0.25, 0.3) is 0 Å². The molecule has 0 saturated carbocycles. The predicted octanol–water partition coefficient (Wildman–Crippen LogP) is 0.497. The van der Waals surface area contributed by atoms with Gasteiger partial charge in [0.15, 0.2) is 0 Å². The third kappa shape index (κ3) is 2.78. The highest BCUT2D eigenvalue weighted by molar-refractivity contribution is 7.89. The SMILES string of the molecule is Cc1ccc([N+](=O)[O-])cc1S(=O)(=O)NC1CCOC1=O. The lowest BCUT2D eigenvalue weighted by atomic mass is 10.2. The van der Waals surface area contributed by atoms with Gasteiger partial charge < -0.3 is 4.74 Å². The Morgan fingerprint density at radius 2 is 2.15 bits per heavy atom. The number of hydrogen-bond acceptors (Lipinski definition) is 6. The fourth-order valence-electron chi connectivity index (χ4n) is 1.85. The van der Waals surface area contributed by atoms with Crippen LogP contribution in [-0.2, 0) is 19.6 Å². The number of non-ortho nitro benzene ring substituents is 1. The molecule has 1 aliphatic rings. The molecular formula is C11H12N2O6S. The van der Waals surface area contributed by atoms with Gasteiger partial charge >= 0.3 is 5.97 Å². The van der Waals surface area contributed by atoms with Crippen molar-refractivity contribution in [1.82, 2.24) is 4.72 Å². The average Bonchev–Trinajstić information content (AvgIpc) is 2.74. The Bertz CT molecular complexity index is 669. The van der Waals surface area contributed by atoms with Gasteiger partial charge in [-0.05, 0) is 12.5 Å². The molecule has 0 aromatic heterocycles. The Hall–Kier alpha value is -2.00. The second-order valence-corrected chi connectivity index (χ2v) is 6.02. The third-order valence-electron chi connectivity index (χ3n) is 2.90. The molecule has 0 radical (unpaired) electrons. The third-order valence-corrected chi connectivity index (χ3v) is 4.52. The van der Waals surface area contributed by atoms with E-state index in [-0.39, 0.29) is 23.6 Å². The number of esters is 1. The van der Waals surface area contributed by atoms with E-state index in [1.165, 1.54) is 19.1 Å². The molecule has 1 unspecified atom stereocenters. The summed E-state index contributed by atoms with van der Waals surface area (Å²) in [6.45, 7) is 1.67. The minimum absolute atomic E-state index is 0.153. The second kappa shape index (κ2) is 5.17. The van der Waals surface area contributed by atoms with Crippen LogP contribution in [0.3, 0.4) is 0 Å². The van der Waals surface area contributed by atoms with Crippen molar-refractivity contribution >= 4 is 21.7 Å². The topological polar surface area (TPSA) is 116 Å². The van der Waals surface area contributed by atoms with Gasteiger partial charge in [0, 0.05) is 18.6 Å². The number of rotatable bonds is 4. The number of cyclic esters (lactones) is 1. The molecule has 1 aromatic rings. The van der Waals surface area contributed by atoms with E-state index in [0.29, 0.717) is 5.56 Å². The number of carbonyl (C=O) groups excluding carboxylic acids is 1. The molecule has 2 rings (SSSR count). The summed E-state index contributed by atoms with van der Waals surface area (Å²) in [6.07, 6.45) is 0.242. The van der Waals surface area contributed by atoms with Crippen LogP contribution in [0.1, 0.15) is 12.0 Å². The van der Waals surface area contributed by atoms with Crippen LogP contribution in [0.2, 0.25) is 0 Å². The number of carbonyl (C=O) groups is 1. The molecule has 0 bridgehead atoms. The minimum Gasteiger partial charge on any atom is -0.464 e. The fraction of sp³-hybridized carbons (Fsp3) is 0.364. The molecule has 1 aromatic carbocycles. The smallest absolute Gasteiger partial charge is 0.324 e. The molecular weight excluding hydrogens is 288 g/mol. The van der Waals surface area contributed by atoms with Gasteiger partial charge in [-0.2, -0.15) is 4.72 Å². The summed E-state index contributed by atoms with van der Waals surface area (Å²) in [6, 6.07) is 2.59. The summed E-state index contributed by atoms with van der Waals surface area (Å²) >= 11 is 0. The van der Waals surface area contributed by atoms with E-state index in [2.05, 4.69) is 9.46 Å². The highest BCUT2D eigenvalue weighted by Crippen LogP contribution is 2.22. The van der Waals surface area contributed by atoms with Crippen molar-refractivity contribution < 1.29 is 22.9 Å². The Kier molecular flexibility index (Phi) is 3.73. The van der Waals surface area contributed by atoms with E-state index < -0.39 is 27.0 Å². The molecule has 1 fully saturated rings. The maximum absolute atomic E-state index is 12.2. The molecule has 1 atom stereocenters. The number of hydrogen-bond donors (Lipinski definition) is 1. The van der Waals surface area contributed by atoms with E-state index in [0.717, 1.165) is 6.07 Å². The highest BCUT2D eigenvalue weighted by Gasteiger charge is 2.32. The Morgan fingerprint density at radius 1 is 1.45 bits per heavy atom. The van der Waals surface area contributed by atoms with Gasteiger partial charge in [0.25, 0.3) is 5.69 Å². The van der Waals surface area contributed by atoms with Crippen LogP contribution in [0.15, 0.2) is 23.1 Å². The number of nitrogens with zero attached hydrogens (tertiary/aromatic N) is 1. The van der Waals surface area contributed by atoms with Gasteiger partial charge in [0.1, 0.15) is 6.04 Å². The van der Waals surface area contributed by atoms with E-state index >= 15 is 0 Å². The first-order valence-electron chi connectivity index (χ1n) is 5.75. The van der Waals surface area contributed by atoms with Crippen molar-refractivity contribution in [3.05, 3.63) is 33.9 Å². The molecule has 1 heterocycles. The molecule has 1 N–H and O–H groups in total. The first kappa shape index (κ1) is 14.4. The van der Waals surface area contributed by atoms with Gasteiger partial charge in [0.05, 0.1) is 16.4 Å². The summed E-state index contributed by atoms with van der Waals surface area (Å²) in [7, 11) is -4.02. The predicted molar refractivity (Wildman–Crippen MR) is 67.5 cm³/mol. The molecule has 1 saturated heterocycles. The first-order chi connectivity index (χ1) is 9.31. The molecule has 20 heavy (non-hydrogen) atoms. The summed E-state index contributed by atoms with van der Waals surface area (Å²) in [5.41, 5.74) is 0.0273. The van der Waals surface area contributed by atoms with Crippen LogP contribution >= 0.6 is 0 Å². The fourth-order valence-corrected chi connectivity index (χ4v) is 3.33. The van der Waals surface area contributed by atoms with Crippen molar-refractivity contribution in [2.45, 2.75) is 24.3 Å². The zero-order chi connectivity index (χ0) is 14.9. The standard InChI is InChI=1S/C11H12N2O6S/c1-7-2-3-8(13(15)16)6-10(7)20(17,18)12-9-4-5-19-11(9)14/h2-3,6,9,12H,4-5H2,1H3. The van der Waals surface area contributed by atoms with E-state index in [1.807, 2.05) is 0 Å². The largest absolute Gasteiger partial charge is 0.464 e. The van der Waals surface area contributed by atoms with Crippen molar-refractivity contribution in [1.29, 1.82) is 0 Å². The van der Waals surface area contributed by atoms with Crippen LogP contribution in [-0.4, -0.2) is 32.0 Å². The summed E-state index contributed by atoms with van der Waals surface area (Å²) in [5.74, 6) is -0.642. The maximum Gasteiger partial charge on any atom is 0.324 e. The number of sulfonamides is 1. The Morgan fingerprint density at radius 3 is 2.70 bits per heavy atom. The van der Waals surface area contributed by atoms with Crippen LogP contribution < -0.4 is 4.72 Å². The van der Waals surface area contributed by atoms with Gasteiger partial charge in [-0.3, -0.25) is 14.9 Å². The molecule has 108 valence electrons. The van der Waals surface area contributed by atoms with Gasteiger partial charge in [-0.25, -0.2) is 8.42 Å². The lowest BCUT2D eigenvalue weighted by Gasteiger charge is -2.11. The molecule has 9 heteroatoms. The van der Waals surface area contributed by atoms with E-state index in [9.17, 15) is 23.3 Å². The normalized spacial score (nSPS) is 18.9. The molecule has 8 nitrogen and oxygen atoms in total. The highest BCUT2D eigenvalue weighted by atomic mass is 32.2. The zero-order valence-electron chi connectivity index (χ0n) is 10.5. The minimum atomic E-state index is -4.02. The zero-order valence-corrected chi connectivity index (χ0v) is 11.3. The average molecular weight is 300 g/mol. The van der Waals surface area contributed by atoms with Crippen molar-refractivity contribution in [2.24, 2.45) is 0 Å². The number of nitrogens with one attached hydrogen (secondary N) is 1. The van der Waals surface area contributed by atoms with E-state index in [4.69, 9.17) is 0 Å². The monoisotopic (exact) mass is 300 g/mol. The number of nitro benzene ring substituents is 1. The maximum atomic E-state index is 12.2. The van der Waals surface area contributed by atoms with Crippen molar-refractivity contribution in [3.8, 4) is 0 Å². The molecule has 1 aliphatic heterocycles. The molecule has 0 aliphatic carbocycles. The first-order valence-corrected chi connectivity index (χ1v) is 7.23. The van der Waals surface area contributed by atoms with Gasteiger partial charge in [-0.15, -0.1) is 0 Å². The molecule has 0 spiro atoms. The lowest BCUT2D eigenvalue weighted by molar-refractivity contribution is -0.385. The van der Waals surface area contributed by atoms with E-state index in [1.54, 1.807) is 0 Å². The number of benzene rings is 1. The molecule has 0 amide bonds. The van der Waals surface area contributed by atoms with Crippen molar-refractivity contribution in [3.63, 3.8) is 0 Å². The summed E-state index contributed by atoms with van der Waals surface area (Å²) < 4.78 is 31.2. The second-order valence-electron chi connectivity index (χ2n) is 4.34.